The zero-order valence-electron chi connectivity index (χ0n) is 12.5. The van der Waals surface area contributed by atoms with Crippen molar-refractivity contribution in [2.75, 3.05) is 13.2 Å². The third kappa shape index (κ3) is 3.71. The average molecular weight is 302 g/mol. The third-order valence-electron chi connectivity index (χ3n) is 4.23. The van der Waals surface area contributed by atoms with Gasteiger partial charge in [0.25, 0.3) is 0 Å². The van der Waals surface area contributed by atoms with E-state index in [4.69, 9.17) is 9.63 Å². The molecule has 2 aromatic carbocycles. The molecule has 21 heavy (non-hydrogen) atoms. The maximum atomic E-state index is 6.92. The summed E-state index contributed by atoms with van der Waals surface area (Å²) in [6.45, 7) is 4.09. The lowest BCUT2D eigenvalue weighted by Gasteiger charge is -2.41. The quantitative estimate of drug-likeness (QED) is 0.862. The molecule has 0 spiro atoms. The first kappa shape index (κ1) is 16.2. The lowest BCUT2D eigenvalue weighted by Crippen LogP contribution is -2.43. The molecule has 2 nitrogen and oxygen atoms in total. The molecule has 1 heterocycles. The Morgan fingerprint density at radius 1 is 1.00 bits per heavy atom. The van der Waals surface area contributed by atoms with Gasteiger partial charge in [-0.3, -0.25) is 0 Å². The fourth-order valence-corrected chi connectivity index (χ4v) is 2.80. The first-order valence-electron chi connectivity index (χ1n) is 7.30. The molecule has 0 saturated carbocycles. The number of ether oxygens (including phenoxy) is 1. The van der Waals surface area contributed by atoms with Crippen molar-refractivity contribution in [3.63, 3.8) is 0 Å². The number of benzene rings is 2. The smallest absolute Gasteiger partial charge is 0.0547 e. The topological polar surface area (TPSA) is 29.5 Å². The SMILES string of the molecule is CCC1(Cc2ccccc2-c2ccccc2)COC1.OP. The van der Waals surface area contributed by atoms with Crippen molar-refractivity contribution in [3.8, 4) is 11.1 Å². The predicted octanol–water partition coefficient (Wildman–Crippen LogP) is 4.09. The summed E-state index contributed by atoms with van der Waals surface area (Å²) in [6.07, 6.45) is 2.31. The minimum atomic E-state index is 0.366. The molecule has 1 aliphatic rings. The van der Waals surface area contributed by atoms with Crippen LogP contribution in [-0.4, -0.2) is 18.1 Å². The summed E-state index contributed by atoms with van der Waals surface area (Å²) in [5, 5.41) is 0. The average Bonchev–Trinajstić information content (AvgIpc) is 2.54. The van der Waals surface area contributed by atoms with E-state index in [9.17, 15) is 0 Å². The first-order valence-corrected chi connectivity index (χ1v) is 7.81. The minimum absolute atomic E-state index is 0.366. The lowest BCUT2D eigenvalue weighted by molar-refractivity contribution is -0.114. The normalized spacial score (nSPS) is 15.6. The molecule has 3 rings (SSSR count). The second kappa shape index (κ2) is 7.70. The van der Waals surface area contributed by atoms with Gasteiger partial charge in [-0.2, -0.15) is 0 Å². The molecule has 0 bridgehead atoms. The van der Waals surface area contributed by atoms with Crippen molar-refractivity contribution in [3.05, 3.63) is 60.2 Å². The van der Waals surface area contributed by atoms with Crippen molar-refractivity contribution >= 4 is 9.47 Å². The summed E-state index contributed by atoms with van der Waals surface area (Å²) < 4.78 is 5.45. The highest BCUT2D eigenvalue weighted by Gasteiger charge is 2.37. The monoisotopic (exact) mass is 302 g/mol. The van der Waals surface area contributed by atoms with Crippen LogP contribution < -0.4 is 0 Å². The molecule has 1 unspecified atom stereocenters. The van der Waals surface area contributed by atoms with Gasteiger partial charge in [-0.25, -0.2) is 0 Å². The van der Waals surface area contributed by atoms with E-state index in [1.165, 1.54) is 32.6 Å². The molecule has 0 radical (unpaired) electrons. The Bertz CT molecular complexity index is 545. The molecule has 0 amide bonds. The molecule has 1 aliphatic heterocycles. The Balaban J connectivity index is 0.000000774. The highest BCUT2D eigenvalue weighted by Crippen LogP contribution is 2.37. The van der Waals surface area contributed by atoms with Gasteiger partial charge < -0.3 is 9.63 Å². The Morgan fingerprint density at radius 3 is 2.19 bits per heavy atom. The summed E-state index contributed by atoms with van der Waals surface area (Å²) in [7, 11) is 1.42. The van der Waals surface area contributed by atoms with Crippen molar-refractivity contribution < 1.29 is 9.63 Å². The van der Waals surface area contributed by atoms with Crippen LogP contribution in [0.5, 0.6) is 0 Å². The maximum Gasteiger partial charge on any atom is 0.0547 e. The van der Waals surface area contributed by atoms with Gasteiger partial charge in [0.1, 0.15) is 0 Å². The zero-order valence-corrected chi connectivity index (χ0v) is 13.6. The molecule has 1 N–H and O–H groups in total. The largest absolute Gasteiger partial charge is 0.380 e. The highest BCUT2D eigenvalue weighted by molar-refractivity contribution is 7.08. The van der Waals surface area contributed by atoms with E-state index < -0.39 is 0 Å². The second-order valence-corrected chi connectivity index (χ2v) is 5.55. The lowest BCUT2D eigenvalue weighted by atomic mass is 9.76. The van der Waals surface area contributed by atoms with Crippen molar-refractivity contribution in [1.82, 2.24) is 0 Å². The fourth-order valence-electron chi connectivity index (χ4n) is 2.80. The molecular weight excluding hydrogens is 279 g/mol. The van der Waals surface area contributed by atoms with Crippen molar-refractivity contribution in [2.45, 2.75) is 19.8 Å². The number of hydrogen-bond acceptors (Lipinski definition) is 2. The van der Waals surface area contributed by atoms with E-state index in [0.29, 0.717) is 5.41 Å². The van der Waals surface area contributed by atoms with Gasteiger partial charge in [-0.15, -0.1) is 0 Å². The minimum Gasteiger partial charge on any atom is -0.380 e. The maximum absolute atomic E-state index is 6.92. The molecule has 3 heteroatoms. The van der Waals surface area contributed by atoms with E-state index in [1.807, 2.05) is 0 Å². The fraction of sp³-hybridized carbons (Fsp3) is 0.333. The van der Waals surface area contributed by atoms with Crippen LogP contribution in [0.1, 0.15) is 18.9 Å². The summed E-state index contributed by atoms with van der Waals surface area (Å²) in [5.41, 5.74) is 4.48. The van der Waals surface area contributed by atoms with Crippen LogP contribution in [0.15, 0.2) is 54.6 Å². The van der Waals surface area contributed by atoms with Crippen LogP contribution in [0.25, 0.3) is 11.1 Å². The third-order valence-corrected chi connectivity index (χ3v) is 4.23. The molecule has 0 aromatic heterocycles. The van der Waals surface area contributed by atoms with Crippen LogP contribution in [0.3, 0.4) is 0 Å². The van der Waals surface area contributed by atoms with Gasteiger partial charge in [0.15, 0.2) is 0 Å². The van der Waals surface area contributed by atoms with E-state index in [2.05, 4.69) is 61.5 Å². The van der Waals surface area contributed by atoms with E-state index >= 15 is 0 Å². The van der Waals surface area contributed by atoms with Crippen LogP contribution in [0.2, 0.25) is 0 Å². The molecule has 112 valence electrons. The van der Waals surface area contributed by atoms with Crippen LogP contribution in [0, 0.1) is 5.41 Å². The number of rotatable bonds is 4. The summed E-state index contributed by atoms with van der Waals surface area (Å²) in [4.78, 5) is 6.92. The van der Waals surface area contributed by atoms with E-state index in [-0.39, 0.29) is 0 Å². The van der Waals surface area contributed by atoms with Crippen LogP contribution in [0.4, 0.5) is 0 Å². The van der Waals surface area contributed by atoms with Crippen molar-refractivity contribution in [1.29, 1.82) is 0 Å². The van der Waals surface area contributed by atoms with Gasteiger partial charge in [0.2, 0.25) is 0 Å². The Kier molecular flexibility index (Phi) is 5.93. The second-order valence-electron chi connectivity index (χ2n) is 5.55. The Labute approximate surface area is 129 Å². The van der Waals surface area contributed by atoms with Gasteiger partial charge in [-0.1, -0.05) is 61.5 Å². The van der Waals surface area contributed by atoms with Crippen molar-refractivity contribution in [2.24, 2.45) is 5.41 Å². The van der Waals surface area contributed by atoms with Gasteiger partial charge in [0.05, 0.1) is 13.2 Å². The van der Waals surface area contributed by atoms with Gasteiger partial charge in [-0.05, 0) is 39.0 Å². The van der Waals surface area contributed by atoms with Gasteiger partial charge in [0, 0.05) is 5.41 Å². The number of hydrogen-bond donors (Lipinski definition) is 1. The van der Waals surface area contributed by atoms with E-state index in [0.717, 1.165) is 19.6 Å². The summed E-state index contributed by atoms with van der Waals surface area (Å²) in [5.74, 6) is 0. The van der Waals surface area contributed by atoms with Crippen LogP contribution >= 0.6 is 9.47 Å². The molecule has 1 saturated heterocycles. The Morgan fingerprint density at radius 2 is 1.62 bits per heavy atom. The molecular formula is C18H23O2P. The van der Waals surface area contributed by atoms with E-state index in [1.54, 1.807) is 0 Å². The molecule has 1 fully saturated rings. The van der Waals surface area contributed by atoms with Gasteiger partial charge >= 0.3 is 0 Å². The predicted molar refractivity (Wildman–Crippen MR) is 91.1 cm³/mol. The van der Waals surface area contributed by atoms with Crippen LogP contribution in [-0.2, 0) is 11.2 Å². The molecule has 0 aliphatic carbocycles. The summed E-state index contributed by atoms with van der Waals surface area (Å²) in [6, 6.07) is 19.4. The first-order chi connectivity index (χ1) is 10.3. The molecule has 2 aromatic rings. The molecule has 1 atom stereocenters. The standard InChI is InChI=1S/C18H20O.H3OP/c1-2-18(13-19-14-18)12-16-10-6-7-11-17(16)15-8-4-3-5-9-15;1-2/h3-11H,2,12-14H2,1H3;1H,2H2. The highest BCUT2D eigenvalue weighted by atomic mass is 31.0. The summed E-state index contributed by atoms with van der Waals surface area (Å²) >= 11 is 0. The Hall–Kier alpha value is -1.21. The zero-order chi connectivity index (χ0) is 15.1.